The highest BCUT2D eigenvalue weighted by Crippen LogP contribution is 2.35. The van der Waals surface area contributed by atoms with Crippen LogP contribution < -0.4 is 5.73 Å². The third kappa shape index (κ3) is 2.15. The smallest absolute Gasteiger partial charge is 0.0907 e. The lowest BCUT2D eigenvalue weighted by atomic mass is 9.81. The Morgan fingerprint density at radius 2 is 1.95 bits per heavy atom. The van der Waals surface area contributed by atoms with Crippen molar-refractivity contribution in [1.82, 2.24) is 9.97 Å². The molecule has 0 saturated heterocycles. The van der Waals surface area contributed by atoms with Crippen molar-refractivity contribution in [2.75, 3.05) is 5.73 Å². The van der Waals surface area contributed by atoms with Crippen molar-refractivity contribution in [1.29, 1.82) is 0 Å². The third-order valence-electron chi connectivity index (χ3n) is 4.31. The fraction of sp³-hybridized carbons (Fsp3) is 0.222. The molecule has 1 aromatic heterocycles. The highest BCUT2D eigenvalue weighted by molar-refractivity contribution is 5.77. The van der Waals surface area contributed by atoms with Crippen LogP contribution in [0, 0.1) is 0 Å². The summed E-state index contributed by atoms with van der Waals surface area (Å²) in [5, 5.41) is 0. The number of hydrogen-bond acceptors (Lipinski definition) is 3. The first kappa shape index (κ1) is 12.3. The predicted molar refractivity (Wildman–Crippen MR) is 85.2 cm³/mol. The van der Waals surface area contributed by atoms with Crippen molar-refractivity contribution < 1.29 is 0 Å². The molecule has 2 aromatic carbocycles. The molecular weight excluding hydrogens is 258 g/mol. The van der Waals surface area contributed by atoms with Gasteiger partial charge >= 0.3 is 0 Å². The second-order valence-corrected chi connectivity index (χ2v) is 5.69. The number of hydrogen-bond donors (Lipinski definition) is 1. The van der Waals surface area contributed by atoms with Gasteiger partial charge in [0.2, 0.25) is 0 Å². The lowest BCUT2D eigenvalue weighted by molar-refractivity contribution is 0.604. The summed E-state index contributed by atoms with van der Waals surface area (Å²) in [7, 11) is 0. The van der Waals surface area contributed by atoms with E-state index in [4.69, 9.17) is 10.7 Å². The number of rotatable bonds is 1. The molecule has 0 unspecified atom stereocenters. The van der Waals surface area contributed by atoms with Gasteiger partial charge in [0.15, 0.2) is 0 Å². The Morgan fingerprint density at radius 1 is 1.05 bits per heavy atom. The average molecular weight is 275 g/mol. The first-order valence-electron chi connectivity index (χ1n) is 7.41. The van der Waals surface area contributed by atoms with E-state index in [9.17, 15) is 0 Å². The van der Waals surface area contributed by atoms with Crippen LogP contribution in [0.5, 0.6) is 0 Å². The van der Waals surface area contributed by atoms with Crippen LogP contribution in [-0.2, 0) is 6.42 Å². The fourth-order valence-electron chi connectivity index (χ4n) is 3.27. The number of nitrogens with two attached hydrogens (primary N) is 1. The quantitative estimate of drug-likeness (QED) is 0.689. The molecule has 0 fully saturated rings. The van der Waals surface area contributed by atoms with E-state index in [1.165, 1.54) is 24.0 Å². The van der Waals surface area contributed by atoms with Crippen LogP contribution in [-0.4, -0.2) is 9.97 Å². The van der Waals surface area contributed by atoms with Gasteiger partial charge in [-0.3, -0.25) is 4.98 Å². The van der Waals surface area contributed by atoms with Crippen LogP contribution >= 0.6 is 0 Å². The number of nitrogens with zero attached hydrogens (tertiary/aromatic N) is 2. The molecule has 0 radical (unpaired) electrons. The minimum absolute atomic E-state index is 0.365. The van der Waals surface area contributed by atoms with E-state index in [-0.39, 0.29) is 0 Å². The maximum absolute atomic E-state index is 5.80. The van der Waals surface area contributed by atoms with Crippen LogP contribution in [0.1, 0.15) is 35.6 Å². The Morgan fingerprint density at radius 3 is 2.90 bits per heavy atom. The molecule has 0 spiro atoms. The van der Waals surface area contributed by atoms with Crippen molar-refractivity contribution in [3.05, 3.63) is 65.5 Å². The number of benzene rings is 2. The Hall–Kier alpha value is -2.42. The summed E-state index contributed by atoms with van der Waals surface area (Å²) >= 11 is 0. The van der Waals surface area contributed by atoms with Crippen LogP contribution in [0.2, 0.25) is 0 Å². The molecule has 4 rings (SSSR count). The van der Waals surface area contributed by atoms with Crippen molar-refractivity contribution >= 4 is 16.7 Å². The molecule has 2 N–H and O–H groups in total. The van der Waals surface area contributed by atoms with Crippen LogP contribution in [0.4, 0.5) is 5.69 Å². The van der Waals surface area contributed by atoms with Gasteiger partial charge in [0.1, 0.15) is 0 Å². The van der Waals surface area contributed by atoms with Gasteiger partial charge in [0.05, 0.1) is 16.7 Å². The molecule has 0 amide bonds. The summed E-state index contributed by atoms with van der Waals surface area (Å²) in [5.41, 5.74) is 12.2. The van der Waals surface area contributed by atoms with Crippen molar-refractivity contribution in [3.8, 4) is 0 Å². The molecule has 1 heterocycles. The molecule has 104 valence electrons. The highest BCUT2D eigenvalue weighted by atomic mass is 14.8. The zero-order valence-electron chi connectivity index (χ0n) is 11.8. The molecular formula is C18H17N3. The minimum atomic E-state index is 0.365. The Balaban J connectivity index is 1.82. The van der Waals surface area contributed by atoms with E-state index in [2.05, 4.69) is 29.2 Å². The Bertz CT molecular complexity index is 810. The van der Waals surface area contributed by atoms with Crippen molar-refractivity contribution in [2.24, 2.45) is 0 Å². The lowest BCUT2D eigenvalue weighted by Crippen LogP contribution is -2.12. The highest BCUT2D eigenvalue weighted by Gasteiger charge is 2.22. The molecule has 0 saturated carbocycles. The summed E-state index contributed by atoms with van der Waals surface area (Å²) in [5.74, 6) is 0.365. The molecule has 21 heavy (non-hydrogen) atoms. The first-order chi connectivity index (χ1) is 10.3. The van der Waals surface area contributed by atoms with Crippen molar-refractivity contribution in [3.63, 3.8) is 0 Å². The molecule has 1 aliphatic rings. The molecule has 0 aliphatic heterocycles. The summed E-state index contributed by atoms with van der Waals surface area (Å²) < 4.78 is 0. The van der Waals surface area contributed by atoms with Crippen molar-refractivity contribution in [2.45, 2.75) is 25.2 Å². The average Bonchev–Trinajstić information content (AvgIpc) is 2.54. The largest absolute Gasteiger partial charge is 0.399 e. The number of aromatic nitrogens is 2. The van der Waals surface area contributed by atoms with Gasteiger partial charge < -0.3 is 5.73 Å². The van der Waals surface area contributed by atoms with E-state index in [0.717, 1.165) is 28.8 Å². The summed E-state index contributed by atoms with van der Waals surface area (Å²) in [4.78, 5) is 9.37. The molecule has 3 heteroatoms. The van der Waals surface area contributed by atoms with E-state index in [1.807, 2.05) is 24.4 Å². The van der Waals surface area contributed by atoms with Crippen LogP contribution in [0.15, 0.2) is 48.7 Å². The molecule has 1 atom stereocenters. The number of fused-ring (bicyclic) bond motifs is 2. The van der Waals surface area contributed by atoms with E-state index in [1.54, 1.807) is 0 Å². The summed E-state index contributed by atoms with van der Waals surface area (Å²) in [6, 6.07) is 14.4. The van der Waals surface area contributed by atoms with Gasteiger partial charge in [-0.05, 0) is 48.6 Å². The molecule has 3 aromatic rings. The second kappa shape index (κ2) is 4.85. The summed E-state index contributed by atoms with van der Waals surface area (Å²) in [6.07, 6.45) is 5.44. The van der Waals surface area contributed by atoms with Gasteiger partial charge in [-0.25, -0.2) is 4.98 Å². The molecule has 3 nitrogen and oxygen atoms in total. The minimum Gasteiger partial charge on any atom is -0.399 e. The lowest BCUT2D eigenvalue weighted by Gasteiger charge is -2.25. The van der Waals surface area contributed by atoms with Crippen LogP contribution in [0.3, 0.4) is 0 Å². The van der Waals surface area contributed by atoms with E-state index < -0.39 is 0 Å². The van der Waals surface area contributed by atoms with Gasteiger partial charge in [-0.15, -0.1) is 0 Å². The number of nitrogen functional groups attached to an aromatic ring is 1. The maximum atomic E-state index is 5.80. The molecule has 1 aliphatic carbocycles. The number of aryl methyl sites for hydroxylation is 1. The fourth-order valence-corrected chi connectivity index (χ4v) is 3.27. The monoisotopic (exact) mass is 275 g/mol. The SMILES string of the molecule is Nc1ccc2nc([C@@H]3CCCc4ccccc43)cnc2c1. The zero-order valence-corrected chi connectivity index (χ0v) is 11.8. The predicted octanol–water partition coefficient (Wildman–Crippen LogP) is 3.68. The van der Waals surface area contributed by atoms with E-state index >= 15 is 0 Å². The van der Waals surface area contributed by atoms with Gasteiger partial charge in [0.25, 0.3) is 0 Å². The van der Waals surface area contributed by atoms with Gasteiger partial charge in [-0.1, -0.05) is 24.3 Å². The summed E-state index contributed by atoms with van der Waals surface area (Å²) in [6.45, 7) is 0. The van der Waals surface area contributed by atoms with Crippen LogP contribution in [0.25, 0.3) is 11.0 Å². The Labute approximate surface area is 123 Å². The molecule has 0 bridgehead atoms. The normalized spacial score (nSPS) is 17.6. The zero-order chi connectivity index (χ0) is 14.2. The van der Waals surface area contributed by atoms with E-state index in [0.29, 0.717) is 5.92 Å². The first-order valence-corrected chi connectivity index (χ1v) is 7.41. The van der Waals surface area contributed by atoms with Gasteiger partial charge in [-0.2, -0.15) is 0 Å². The topological polar surface area (TPSA) is 51.8 Å². The van der Waals surface area contributed by atoms with Gasteiger partial charge in [0, 0.05) is 17.8 Å². The number of anilines is 1. The second-order valence-electron chi connectivity index (χ2n) is 5.69. The standard InChI is InChI=1S/C18H17N3/c19-13-8-9-16-17(10-13)20-11-18(21-16)15-7-3-5-12-4-1-2-6-14(12)15/h1-2,4,6,8-11,15H,3,5,7,19H2/t15-/m1/s1. The maximum Gasteiger partial charge on any atom is 0.0907 e. The Kier molecular flexibility index (Phi) is 2.85. The third-order valence-corrected chi connectivity index (χ3v) is 4.31.